The first kappa shape index (κ1) is 13.2. The van der Waals surface area contributed by atoms with Gasteiger partial charge in [0.1, 0.15) is 5.82 Å². The molecule has 19 heavy (non-hydrogen) atoms. The Balaban J connectivity index is 2.53. The third-order valence-electron chi connectivity index (χ3n) is 2.82. The zero-order valence-electron chi connectivity index (χ0n) is 10.3. The highest BCUT2D eigenvalue weighted by Gasteiger charge is 2.22. The molecule has 0 spiro atoms. The fourth-order valence-corrected chi connectivity index (χ4v) is 1.88. The SMILES string of the molecule is COC(=O)C(O)c1cc(F)ccc1-c1ccccc1. The van der Waals surface area contributed by atoms with Crippen LogP contribution in [0.1, 0.15) is 11.7 Å². The number of benzene rings is 2. The monoisotopic (exact) mass is 260 g/mol. The Morgan fingerprint density at radius 1 is 1.21 bits per heavy atom. The van der Waals surface area contributed by atoms with Crippen LogP contribution in [-0.2, 0) is 9.53 Å². The van der Waals surface area contributed by atoms with E-state index in [0.29, 0.717) is 5.56 Å². The van der Waals surface area contributed by atoms with E-state index in [0.717, 1.165) is 11.6 Å². The average molecular weight is 260 g/mol. The Labute approximate surface area is 110 Å². The molecule has 0 bridgehead atoms. The molecule has 3 nitrogen and oxygen atoms in total. The van der Waals surface area contributed by atoms with E-state index in [1.807, 2.05) is 30.3 Å². The van der Waals surface area contributed by atoms with Crippen molar-refractivity contribution < 1.29 is 19.0 Å². The second-order valence-corrected chi connectivity index (χ2v) is 4.02. The number of esters is 1. The number of carbonyl (C=O) groups excluding carboxylic acids is 1. The summed E-state index contributed by atoms with van der Waals surface area (Å²) in [7, 11) is 1.17. The van der Waals surface area contributed by atoms with Crippen molar-refractivity contribution in [2.75, 3.05) is 7.11 Å². The van der Waals surface area contributed by atoms with E-state index in [1.54, 1.807) is 0 Å². The summed E-state index contributed by atoms with van der Waals surface area (Å²) in [5.74, 6) is -1.33. The number of ether oxygens (including phenoxy) is 1. The van der Waals surface area contributed by atoms with Crippen molar-refractivity contribution in [3.63, 3.8) is 0 Å². The van der Waals surface area contributed by atoms with Crippen LogP contribution < -0.4 is 0 Å². The molecule has 0 saturated heterocycles. The summed E-state index contributed by atoms with van der Waals surface area (Å²) < 4.78 is 17.8. The van der Waals surface area contributed by atoms with Crippen molar-refractivity contribution in [3.05, 3.63) is 59.9 Å². The van der Waals surface area contributed by atoms with Crippen molar-refractivity contribution in [1.82, 2.24) is 0 Å². The Hall–Kier alpha value is -2.20. The summed E-state index contributed by atoms with van der Waals surface area (Å²) in [6, 6.07) is 13.1. The lowest BCUT2D eigenvalue weighted by molar-refractivity contribution is -0.150. The van der Waals surface area contributed by atoms with E-state index in [2.05, 4.69) is 4.74 Å². The molecule has 0 amide bonds. The highest BCUT2D eigenvalue weighted by molar-refractivity contribution is 5.80. The smallest absolute Gasteiger partial charge is 0.339 e. The quantitative estimate of drug-likeness (QED) is 0.863. The Bertz CT molecular complexity index is 581. The van der Waals surface area contributed by atoms with Gasteiger partial charge in [-0.1, -0.05) is 36.4 Å². The molecule has 1 unspecified atom stereocenters. The molecule has 0 saturated carbocycles. The Morgan fingerprint density at radius 2 is 1.89 bits per heavy atom. The molecule has 0 aromatic heterocycles. The van der Waals surface area contributed by atoms with Gasteiger partial charge in [0.05, 0.1) is 7.11 Å². The van der Waals surface area contributed by atoms with E-state index in [-0.39, 0.29) is 5.56 Å². The number of aliphatic hydroxyl groups is 1. The van der Waals surface area contributed by atoms with Crippen LogP contribution >= 0.6 is 0 Å². The van der Waals surface area contributed by atoms with Crippen LogP contribution in [0.2, 0.25) is 0 Å². The maximum absolute atomic E-state index is 13.3. The topological polar surface area (TPSA) is 46.5 Å². The average Bonchev–Trinajstić information content (AvgIpc) is 2.46. The van der Waals surface area contributed by atoms with Crippen LogP contribution in [0.5, 0.6) is 0 Å². The maximum atomic E-state index is 13.3. The standard InChI is InChI=1S/C15H13FO3/c1-19-15(18)14(17)13-9-11(16)7-8-12(13)10-5-3-2-4-6-10/h2-9,14,17H,1H3. The summed E-state index contributed by atoms with van der Waals surface area (Å²) in [4.78, 5) is 11.4. The molecule has 2 rings (SSSR count). The van der Waals surface area contributed by atoms with Gasteiger partial charge in [0.15, 0.2) is 6.10 Å². The maximum Gasteiger partial charge on any atom is 0.339 e. The van der Waals surface area contributed by atoms with Gasteiger partial charge in [-0.2, -0.15) is 0 Å². The predicted molar refractivity (Wildman–Crippen MR) is 68.8 cm³/mol. The number of rotatable bonds is 3. The van der Waals surface area contributed by atoms with Crippen molar-refractivity contribution in [2.24, 2.45) is 0 Å². The van der Waals surface area contributed by atoms with Gasteiger partial charge in [-0.15, -0.1) is 0 Å². The van der Waals surface area contributed by atoms with Gasteiger partial charge in [-0.25, -0.2) is 9.18 Å². The second-order valence-electron chi connectivity index (χ2n) is 4.02. The minimum Gasteiger partial charge on any atom is -0.467 e. The first-order valence-electron chi connectivity index (χ1n) is 5.74. The second kappa shape index (κ2) is 5.63. The van der Waals surface area contributed by atoms with E-state index in [4.69, 9.17) is 0 Å². The number of methoxy groups -OCH3 is 1. The Morgan fingerprint density at radius 3 is 2.53 bits per heavy atom. The van der Waals surface area contributed by atoms with Gasteiger partial charge in [-0.05, 0) is 23.3 Å². The van der Waals surface area contributed by atoms with Crippen molar-refractivity contribution >= 4 is 5.97 Å². The summed E-state index contributed by atoms with van der Waals surface area (Å²) in [6.07, 6.45) is -1.50. The number of aliphatic hydroxyl groups excluding tert-OH is 1. The van der Waals surface area contributed by atoms with Crippen LogP contribution in [0, 0.1) is 5.82 Å². The lowest BCUT2D eigenvalue weighted by Crippen LogP contribution is -2.14. The normalized spacial score (nSPS) is 11.9. The fraction of sp³-hybridized carbons (Fsp3) is 0.133. The van der Waals surface area contributed by atoms with E-state index >= 15 is 0 Å². The fourth-order valence-electron chi connectivity index (χ4n) is 1.88. The summed E-state index contributed by atoms with van der Waals surface area (Å²) in [5, 5.41) is 9.91. The molecule has 0 aliphatic carbocycles. The summed E-state index contributed by atoms with van der Waals surface area (Å²) >= 11 is 0. The molecule has 4 heteroatoms. The van der Waals surface area contributed by atoms with Crippen LogP contribution in [0.25, 0.3) is 11.1 Å². The molecule has 2 aromatic rings. The van der Waals surface area contributed by atoms with Crippen molar-refractivity contribution in [1.29, 1.82) is 0 Å². The van der Waals surface area contributed by atoms with Crippen molar-refractivity contribution in [3.8, 4) is 11.1 Å². The van der Waals surface area contributed by atoms with Gasteiger partial charge < -0.3 is 9.84 Å². The largest absolute Gasteiger partial charge is 0.467 e. The van der Waals surface area contributed by atoms with E-state index in [9.17, 15) is 14.3 Å². The first-order valence-corrected chi connectivity index (χ1v) is 5.74. The first-order chi connectivity index (χ1) is 9.13. The third kappa shape index (κ3) is 2.80. The lowest BCUT2D eigenvalue weighted by Gasteiger charge is -2.14. The highest BCUT2D eigenvalue weighted by Crippen LogP contribution is 2.29. The van der Waals surface area contributed by atoms with Gasteiger partial charge in [0, 0.05) is 5.56 Å². The number of hydrogen-bond donors (Lipinski definition) is 1. The van der Waals surface area contributed by atoms with Crippen LogP contribution in [0.3, 0.4) is 0 Å². The van der Waals surface area contributed by atoms with Crippen LogP contribution in [0.4, 0.5) is 4.39 Å². The van der Waals surface area contributed by atoms with Gasteiger partial charge in [0.2, 0.25) is 0 Å². The molecule has 0 radical (unpaired) electrons. The molecule has 1 atom stereocenters. The minimum atomic E-state index is -1.50. The molecular weight excluding hydrogens is 247 g/mol. The molecule has 0 fully saturated rings. The van der Waals surface area contributed by atoms with E-state index in [1.165, 1.54) is 19.2 Å². The van der Waals surface area contributed by atoms with Crippen LogP contribution in [-0.4, -0.2) is 18.2 Å². The van der Waals surface area contributed by atoms with Gasteiger partial charge in [0.25, 0.3) is 0 Å². The molecular formula is C15H13FO3. The number of halogens is 1. The molecule has 2 aromatic carbocycles. The molecule has 98 valence electrons. The molecule has 0 aliphatic rings. The molecule has 1 N–H and O–H groups in total. The zero-order chi connectivity index (χ0) is 13.8. The summed E-state index contributed by atoms with van der Waals surface area (Å²) in [5.41, 5.74) is 1.58. The van der Waals surface area contributed by atoms with Gasteiger partial charge in [-0.3, -0.25) is 0 Å². The van der Waals surface area contributed by atoms with Crippen LogP contribution in [0.15, 0.2) is 48.5 Å². The predicted octanol–water partition coefficient (Wildman–Crippen LogP) is 2.70. The zero-order valence-corrected chi connectivity index (χ0v) is 10.3. The van der Waals surface area contributed by atoms with Crippen molar-refractivity contribution in [2.45, 2.75) is 6.10 Å². The third-order valence-corrected chi connectivity index (χ3v) is 2.82. The lowest BCUT2D eigenvalue weighted by atomic mass is 9.96. The number of hydrogen-bond acceptors (Lipinski definition) is 3. The number of carbonyl (C=O) groups is 1. The van der Waals surface area contributed by atoms with Gasteiger partial charge >= 0.3 is 5.97 Å². The highest BCUT2D eigenvalue weighted by atomic mass is 19.1. The minimum absolute atomic E-state index is 0.193. The van der Waals surface area contributed by atoms with E-state index < -0.39 is 17.9 Å². The molecule has 0 heterocycles. The molecule has 0 aliphatic heterocycles. The Kier molecular flexibility index (Phi) is 3.92. The summed E-state index contributed by atoms with van der Waals surface area (Å²) in [6.45, 7) is 0.